The third kappa shape index (κ3) is 3.51. The molecule has 3 heterocycles. The summed E-state index contributed by atoms with van der Waals surface area (Å²) in [5.74, 6) is 1.14. The highest BCUT2D eigenvalue weighted by Crippen LogP contribution is 2.51. The van der Waals surface area contributed by atoms with Crippen LogP contribution in [0.2, 0.25) is 10.0 Å². The molecule has 9 heteroatoms. The fourth-order valence-corrected chi connectivity index (χ4v) is 4.74. The van der Waals surface area contributed by atoms with E-state index in [0.29, 0.717) is 34.0 Å². The van der Waals surface area contributed by atoms with Crippen LogP contribution in [0.25, 0.3) is 16.6 Å². The lowest BCUT2D eigenvalue weighted by molar-refractivity contribution is -0.138. The molecular weight excluding hydrogens is 427 g/mol. The number of hydrogen-bond acceptors (Lipinski definition) is 5. The number of carbonyl (C=O) groups is 1. The zero-order chi connectivity index (χ0) is 20.8. The fourth-order valence-electron chi connectivity index (χ4n) is 4.38. The second-order valence-electron chi connectivity index (χ2n) is 7.83. The molecule has 30 heavy (non-hydrogen) atoms. The second-order valence-corrected chi connectivity index (χ2v) is 8.61. The van der Waals surface area contributed by atoms with Crippen LogP contribution in [-0.2, 0) is 9.53 Å². The maximum atomic E-state index is 10.8. The Balaban J connectivity index is 1.52. The van der Waals surface area contributed by atoms with Gasteiger partial charge in [-0.3, -0.25) is 4.79 Å². The number of hydrogen-bond donors (Lipinski definition) is 1. The van der Waals surface area contributed by atoms with Crippen molar-refractivity contribution in [2.75, 3.05) is 24.7 Å². The summed E-state index contributed by atoms with van der Waals surface area (Å²) in [6.07, 6.45) is 6.55. The molecule has 7 nitrogen and oxygen atoms in total. The van der Waals surface area contributed by atoms with Crippen LogP contribution in [0, 0.1) is 11.8 Å². The molecule has 3 atom stereocenters. The third-order valence-electron chi connectivity index (χ3n) is 5.97. The van der Waals surface area contributed by atoms with Crippen molar-refractivity contribution < 1.29 is 14.6 Å². The normalized spacial score (nSPS) is 22.5. The highest BCUT2D eigenvalue weighted by molar-refractivity contribution is 6.45. The zero-order valence-corrected chi connectivity index (χ0v) is 17.6. The molecule has 0 unspecified atom stereocenters. The first-order chi connectivity index (χ1) is 14.5. The van der Waals surface area contributed by atoms with Gasteiger partial charge in [0.25, 0.3) is 0 Å². The van der Waals surface area contributed by atoms with Gasteiger partial charge >= 0.3 is 5.97 Å². The second kappa shape index (κ2) is 7.72. The predicted octanol–water partition coefficient (Wildman–Crippen LogP) is 4.04. The number of anilines is 1. The van der Waals surface area contributed by atoms with E-state index in [-0.39, 0.29) is 19.1 Å². The van der Waals surface area contributed by atoms with Gasteiger partial charge in [-0.25, -0.2) is 9.97 Å². The minimum atomic E-state index is -0.852. The number of piperidine rings is 1. The lowest BCUT2D eigenvalue weighted by Crippen LogP contribution is -2.37. The number of pyridine rings is 1. The van der Waals surface area contributed by atoms with Crippen LogP contribution in [0.5, 0.6) is 0 Å². The largest absolute Gasteiger partial charge is 0.481 e. The Kier molecular flexibility index (Phi) is 5.05. The molecule has 5 rings (SSSR count). The van der Waals surface area contributed by atoms with Crippen LogP contribution in [0.15, 0.2) is 36.9 Å². The van der Waals surface area contributed by atoms with Gasteiger partial charge in [0.05, 0.1) is 53.3 Å². The molecule has 0 radical (unpaired) electrons. The number of imidazole rings is 1. The van der Waals surface area contributed by atoms with E-state index in [0.717, 1.165) is 23.4 Å². The van der Waals surface area contributed by atoms with Crippen molar-refractivity contribution in [1.82, 2.24) is 14.5 Å². The summed E-state index contributed by atoms with van der Waals surface area (Å²) >= 11 is 12.8. The van der Waals surface area contributed by atoms with Crippen molar-refractivity contribution in [2.24, 2.45) is 11.8 Å². The Morgan fingerprint density at radius 2 is 2.20 bits per heavy atom. The minimum absolute atomic E-state index is 0.00786. The zero-order valence-electron chi connectivity index (χ0n) is 16.0. The van der Waals surface area contributed by atoms with Crippen molar-refractivity contribution in [2.45, 2.75) is 18.9 Å². The molecule has 1 saturated heterocycles. The molecule has 0 spiro atoms. The minimum Gasteiger partial charge on any atom is -0.481 e. The molecule has 2 fully saturated rings. The lowest BCUT2D eigenvalue weighted by atomic mass is 10.1. The van der Waals surface area contributed by atoms with E-state index >= 15 is 0 Å². The van der Waals surface area contributed by atoms with Crippen LogP contribution in [-0.4, -0.2) is 51.4 Å². The highest BCUT2D eigenvalue weighted by Gasteiger charge is 2.53. The molecule has 0 amide bonds. The summed E-state index contributed by atoms with van der Waals surface area (Å²) in [4.78, 5) is 22.1. The first-order valence-corrected chi connectivity index (χ1v) is 10.6. The van der Waals surface area contributed by atoms with E-state index in [1.54, 1.807) is 18.6 Å². The molecule has 2 aromatic heterocycles. The summed E-state index contributed by atoms with van der Waals surface area (Å²) in [6, 6.07) is 5.91. The summed E-state index contributed by atoms with van der Waals surface area (Å²) < 4.78 is 7.63. The van der Waals surface area contributed by atoms with Crippen LogP contribution >= 0.6 is 23.2 Å². The van der Waals surface area contributed by atoms with Crippen molar-refractivity contribution in [3.8, 4) is 5.69 Å². The third-order valence-corrected chi connectivity index (χ3v) is 6.76. The van der Waals surface area contributed by atoms with E-state index in [1.807, 2.05) is 22.9 Å². The molecule has 156 valence electrons. The van der Waals surface area contributed by atoms with Gasteiger partial charge in [0.15, 0.2) is 0 Å². The number of ether oxygens (including phenoxy) is 1. The molecule has 3 aromatic rings. The van der Waals surface area contributed by atoms with E-state index < -0.39 is 5.97 Å². The summed E-state index contributed by atoms with van der Waals surface area (Å²) in [5.41, 5.74) is 1.58. The number of benzene rings is 1. The summed E-state index contributed by atoms with van der Waals surface area (Å²) in [7, 11) is 0. The molecule has 1 saturated carbocycles. The number of nitrogens with zero attached hydrogens (tertiary/aromatic N) is 4. The van der Waals surface area contributed by atoms with Gasteiger partial charge in [-0.1, -0.05) is 23.2 Å². The Morgan fingerprint density at radius 1 is 1.33 bits per heavy atom. The molecule has 1 aromatic carbocycles. The molecule has 1 aliphatic heterocycles. The number of fused-ring (bicyclic) bond motifs is 2. The maximum Gasteiger partial charge on any atom is 0.305 e. The van der Waals surface area contributed by atoms with Gasteiger partial charge in [0.1, 0.15) is 5.82 Å². The summed E-state index contributed by atoms with van der Waals surface area (Å²) in [5, 5.41) is 10.6. The van der Waals surface area contributed by atoms with Gasteiger partial charge in [-0.05, 0) is 30.4 Å². The number of halogens is 2. The first kappa shape index (κ1) is 19.6. The van der Waals surface area contributed by atoms with Crippen LogP contribution in [0.1, 0.15) is 12.8 Å². The maximum absolute atomic E-state index is 10.8. The van der Waals surface area contributed by atoms with Crippen LogP contribution in [0.3, 0.4) is 0 Å². The number of aliphatic carboxylic acids is 1. The van der Waals surface area contributed by atoms with E-state index in [1.165, 1.54) is 6.42 Å². The first-order valence-electron chi connectivity index (χ1n) is 9.86. The highest BCUT2D eigenvalue weighted by atomic mass is 35.5. The Bertz CT molecular complexity index is 1110. The Labute approximate surface area is 183 Å². The van der Waals surface area contributed by atoms with Crippen molar-refractivity contribution in [3.63, 3.8) is 0 Å². The topological polar surface area (TPSA) is 80.5 Å². The van der Waals surface area contributed by atoms with Crippen molar-refractivity contribution in [3.05, 3.63) is 47.0 Å². The predicted molar refractivity (Wildman–Crippen MR) is 115 cm³/mol. The SMILES string of the molecule is O=C(O)CCOC[C@@H]1[C@H]2C[C@H]2CN1c1cc(-n2ccnc2)c2ccc(Cl)c(Cl)c2n1. The molecule has 0 bridgehead atoms. The monoisotopic (exact) mass is 446 g/mol. The van der Waals surface area contributed by atoms with Gasteiger partial charge in [0.2, 0.25) is 0 Å². The van der Waals surface area contributed by atoms with Gasteiger partial charge in [-0.2, -0.15) is 0 Å². The van der Waals surface area contributed by atoms with Crippen LogP contribution in [0.4, 0.5) is 5.82 Å². The van der Waals surface area contributed by atoms with E-state index in [9.17, 15) is 4.79 Å². The van der Waals surface area contributed by atoms with E-state index in [2.05, 4.69) is 9.88 Å². The van der Waals surface area contributed by atoms with Gasteiger partial charge < -0.3 is 19.3 Å². The van der Waals surface area contributed by atoms with Crippen molar-refractivity contribution >= 4 is 45.9 Å². The fraction of sp³-hybridized carbons (Fsp3) is 0.381. The number of carboxylic acids is 1. The Morgan fingerprint density at radius 3 is 2.97 bits per heavy atom. The quantitative estimate of drug-likeness (QED) is 0.551. The smallest absolute Gasteiger partial charge is 0.305 e. The molecule has 1 N–H and O–H groups in total. The number of aromatic nitrogens is 3. The van der Waals surface area contributed by atoms with Crippen molar-refractivity contribution in [1.29, 1.82) is 0 Å². The Hall–Kier alpha value is -2.35. The molecular formula is C21H20Cl2N4O3. The van der Waals surface area contributed by atoms with E-state index in [4.69, 9.17) is 38.0 Å². The van der Waals surface area contributed by atoms with Crippen LogP contribution < -0.4 is 4.90 Å². The lowest BCUT2D eigenvalue weighted by Gasteiger charge is -2.29. The van der Waals surface area contributed by atoms with Gasteiger partial charge in [-0.15, -0.1) is 0 Å². The molecule has 2 aliphatic rings. The average Bonchev–Trinajstić information content (AvgIpc) is 3.13. The summed E-state index contributed by atoms with van der Waals surface area (Å²) in [6.45, 7) is 1.60. The average molecular weight is 447 g/mol. The standard InChI is InChI=1S/C21H20Cl2N4O3/c22-15-2-1-13-16(26-5-4-24-11-26)8-18(25-21(13)20(15)23)27-9-12-7-14(12)17(27)10-30-6-3-19(28)29/h1-2,4-5,8,11-12,14,17H,3,6-7,9-10H2,(H,28,29)/t12-,14-,17+/m0/s1. The van der Waals surface area contributed by atoms with Gasteiger partial charge in [0, 0.05) is 30.4 Å². The molecule has 1 aliphatic carbocycles. The number of rotatable bonds is 7. The number of carboxylic acid groups (broad SMARTS) is 1.